The van der Waals surface area contributed by atoms with Gasteiger partial charge in [-0.25, -0.2) is 8.42 Å². The fraction of sp³-hybridized carbons (Fsp3) is 0.158. The summed E-state index contributed by atoms with van der Waals surface area (Å²) < 4.78 is 27.3. The van der Waals surface area contributed by atoms with Crippen molar-refractivity contribution in [1.82, 2.24) is 10.2 Å². The molecule has 7 heteroatoms. The van der Waals surface area contributed by atoms with E-state index in [0.717, 1.165) is 11.3 Å². The van der Waals surface area contributed by atoms with Crippen molar-refractivity contribution in [3.05, 3.63) is 72.3 Å². The SMILES string of the molecule is CCN(c1ccccc1)c1ccc(NS(=O)(=O)c2ccc(C)cc2)nn1. The van der Waals surface area contributed by atoms with E-state index >= 15 is 0 Å². The van der Waals surface area contributed by atoms with Gasteiger partial charge < -0.3 is 4.90 Å². The summed E-state index contributed by atoms with van der Waals surface area (Å²) in [5.74, 6) is 0.829. The highest BCUT2D eigenvalue weighted by atomic mass is 32.2. The molecule has 134 valence electrons. The van der Waals surface area contributed by atoms with Crippen LogP contribution in [0.4, 0.5) is 17.3 Å². The molecule has 6 nitrogen and oxygen atoms in total. The molecule has 0 fully saturated rings. The number of nitrogens with one attached hydrogen (secondary N) is 1. The molecular formula is C19H20N4O2S. The minimum atomic E-state index is -3.69. The average Bonchev–Trinajstić information content (AvgIpc) is 2.65. The van der Waals surface area contributed by atoms with Gasteiger partial charge in [0.2, 0.25) is 0 Å². The Morgan fingerprint density at radius 1 is 0.923 bits per heavy atom. The number of sulfonamides is 1. The molecule has 3 aromatic rings. The van der Waals surface area contributed by atoms with Crippen LogP contribution in [0.5, 0.6) is 0 Å². The molecule has 0 unspecified atom stereocenters. The number of rotatable bonds is 6. The van der Waals surface area contributed by atoms with E-state index in [-0.39, 0.29) is 10.7 Å². The van der Waals surface area contributed by atoms with Crippen molar-refractivity contribution in [1.29, 1.82) is 0 Å². The maximum atomic E-state index is 12.4. The number of nitrogens with zero attached hydrogens (tertiary/aromatic N) is 3. The van der Waals surface area contributed by atoms with Crippen LogP contribution in [-0.2, 0) is 10.0 Å². The van der Waals surface area contributed by atoms with Gasteiger partial charge in [-0.05, 0) is 50.2 Å². The van der Waals surface area contributed by atoms with Crippen molar-refractivity contribution in [2.24, 2.45) is 0 Å². The summed E-state index contributed by atoms with van der Waals surface area (Å²) in [6, 6.07) is 19.8. The fourth-order valence-electron chi connectivity index (χ4n) is 2.52. The molecule has 0 aliphatic heterocycles. The third kappa shape index (κ3) is 4.00. The Morgan fingerprint density at radius 2 is 1.62 bits per heavy atom. The fourth-order valence-corrected chi connectivity index (χ4v) is 3.52. The van der Waals surface area contributed by atoms with Crippen molar-refractivity contribution in [2.75, 3.05) is 16.2 Å². The molecule has 0 aliphatic rings. The van der Waals surface area contributed by atoms with E-state index in [1.165, 1.54) is 0 Å². The molecule has 0 aliphatic carbocycles. The summed E-state index contributed by atoms with van der Waals surface area (Å²) in [5.41, 5.74) is 1.99. The molecule has 0 radical (unpaired) electrons. The molecule has 0 saturated heterocycles. The van der Waals surface area contributed by atoms with Crippen molar-refractivity contribution in [2.45, 2.75) is 18.7 Å². The summed E-state index contributed by atoms with van der Waals surface area (Å²) in [6.07, 6.45) is 0. The number of anilines is 3. The second kappa shape index (κ2) is 7.53. The van der Waals surface area contributed by atoms with E-state index in [4.69, 9.17) is 0 Å². The van der Waals surface area contributed by atoms with Crippen LogP contribution < -0.4 is 9.62 Å². The molecule has 0 spiro atoms. The molecule has 0 atom stereocenters. The van der Waals surface area contributed by atoms with Crippen LogP contribution in [0.3, 0.4) is 0 Å². The third-order valence-corrected chi connectivity index (χ3v) is 5.25. The van der Waals surface area contributed by atoms with Crippen LogP contribution in [0.2, 0.25) is 0 Å². The Hall–Kier alpha value is -2.93. The first-order chi connectivity index (χ1) is 12.5. The lowest BCUT2D eigenvalue weighted by Gasteiger charge is -2.21. The van der Waals surface area contributed by atoms with Gasteiger partial charge in [-0.1, -0.05) is 35.9 Å². The van der Waals surface area contributed by atoms with Crippen LogP contribution in [0.25, 0.3) is 0 Å². The topological polar surface area (TPSA) is 75.2 Å². The number of para-hydroxylation sites is 1. The Balaban J connectivity index is 1.80. The van der Waals surface area contributed by atoms with Gasteiger partial charge >= 0.3 is 0 Å². The Morgan fingerprint density at radius 3 is 2.19 bits per heavy atom. The molecule has 0 amide bonds. The van der Waals surface area contributed by atoms with Crippen LogP contribution in [-0.4, -0.2) is 25.2 Å². The third-order valence-electron chi connectivity index (χ3n) is 3.88. The van der Waals surface area contributed by atoms with E-state index < -0.39 is 10.0 Å². The summed E-state index contributed by atoms with van der Waals surface area (Å²) in [4.78, 5) is 2.18. The highest BCUT2D eigenvalue weighted by Gasteiger charge is 2.15. The zero-order valence-corrected chi connectivity index (χ0v) is 15.4. The quantitative estimate of drug-likeness (QED) is 0.717. The Bertz CT molecular complexity index is 957. The predicted octanol–water partition coefficient (Wildman–Crippen LogP) is 3.74. The van der Waals surface area contributed by atoms with Crippen LogP contribution in [0, 0.1) is 6.92 Å². The molecule has 26 heavy (non-hydrogen) atoms. The normalized spacial score (nSPS) is 11.2. The lowest BCUT2D eigenvalue weighted by atomic mass is 10.2. The Kier molecular flexibility index (Phi) is 5.18. The van der Waals surface area contributed by atoms with Crippen LogP contribution in [0.1, 0.15) is 12.5 Å². The van der Waals surface area contributed by atoms with Gasteiger partial charge in [0.25, 0.3) is 10.0 Å². The smallest absolute Gasteiger partial charge is 0.263 e. The lowest BCUT2D eigenvalue weighted by Crippen LogP contribution is -2.19. The Labute approximate surface area is 153 Å². The molecular weight excluding hydrogens is 348 g/mol. The second-order valence-corrected chi connectivity index (χ2v) is 7.46. The summed E-state index contributed by atoms with van der Waals surface area (Å²) in [5, 5.41) is 8.19. The van der Waals surface area contributed by atoms with Crippen molar-refractivity contribution >= 4 is 27.3 Å². The number of hydrogen-bond donors (Lipinski definition) is 1. The molecule has 2 aromatic carbocycles. The van der Waals surface area contributed by atoms with Gasteiger partial charge in [0.1, 0.15) is 0 Å². The van der Waals surface area contributed by atoms with Crippen molar-refractivity contribution in [3.63, 3.8) is 0 Å². The maximum absolute atomic E-state index is 12.4. The van der Waals surface area contributed by atoms with E-state index in [2.05, 4.69) is 14.9 Å². The van der Waals surface area contributed by atoms with Gasteiger partial charge in [-0.2, -0.15) is 0 Å². The van der Waals surface area contributed by atoms with Gasteiger partial charge in [-0.15, -0.1) is 10.2 Å². The number of benzene rings is 2. The number of aromatic nitrogens is 2. The molecule has 1 N–H and O–H groups in total. The average molecular weight is 368 g/mol. The molecule has 1 heterocycles. The zero-order chi connectivity index (χ0) is 18.6. The lowest BCUT2D eigenvalue weighted by molar-refractivity contribution is 0.601. The number of aryl methyl sites for hydroxylation is 1. The van der Waals surface area contributed by atoms with E-state index in [1.807, 2.05) is 49.1 Å². The van der Waals surface area contributed by atoms with Gasteiger partial charge in [0.15, 0.2) is 11.6 Å². The monoisotopic (exact) mass is 368 g/mol. The second-order valence-electron chi connectivity index (χ2n) is 5.78. The van der Waals surface area contributed by atoms with E-state index in [0.29, 0.717) is 12.4 Å². The van der Waals surface area contributed by atoms with Crippen molar-refractivity contribution in [3.8, 4) is 0 Å². The van der Waals surface area contributed by atoms with Gasteiger partial charge in [0.05, 0.1) is 4.90 Å². The van der Waals surface area contributed by atoms with E-state index in [1.54, 1.807) is 36.4 Å². The van der Waals surface area contributed by atoms with Gasteiger partial charge in [-0.3, -0.25) is 4.72 Å². The van der Waals surface area contributed by atoms with Crippen molar-refractivity contribution < 1.29 is 8.42 Å². The maximum Gasteiger partial charge on any atom is 0.263 e. The molecule has 0 saturated carbocycles. The molecule has 3 rings (SSSR count). The first-order valence-electron chi connectivity index (χ1n) is 8.25. The number of hydrogen-bond acceptors (Lipinski definition) is 5. The minimum Gasteiger partial charge on any atom is -0.325 e. The predicted molar refractivity (Wildman–Crippen MR) is 103 cm³/mol. The standard InChI is InChI=1S/C19H20N4O2S/c1-3-23(16-7-5-4-6-8-16)19-14-13-18(20-21-19)22-26(24,25)17-11-9-15(2)10-12-17/h4-14H,3H2,1-2H3,(H,20,22). The zero-order valence-electron chi connectivity index (χ0n) is 14.6. The summed E-state index contributed by atoms with van der Waals surface area (Å²) >= 11 is 0. The highest BCUT2D eigenvalue weighted by Crippen LogP contribution is 2.23. The molecule has 0 bridgehead atoms. The van der Waals surface area contributed by atoms with Crippen LogP contribution >= 0.6 is 0 Å². The van der Waals surface area contributed by atoms with Crippen LogP contribution in [0.15, 0.2) is 71.6 Å². The molecule has 1 aromatic heterocycles. The summed E-state index contributed by atoms with van der Waals surface area (Å²) in [6.45, 7) is 4.63. The first-order valence-corrected chi connectivity index (χ1v) is 9.74. The summed E-state index contributed by atoms with van der Waals surface area (Å²) in [7, 11) is -3.69. The van der Waals surface area contributed by atoms with E-state index in [9.17, 15) is 8.42 Å². The highest BCUT2D eigenvalue weighted by molar-refractivity contribution is 7.92. The first kappa shape index (κ1) is 17.9. The minimum absolute atomic E-state index is 0.179. The largest absolute Gasteiger partial charge is 0.325 e. The van der Waals surface area contributed by atoms with Gasteiger partial charge in [0, 0.05) is 12.2 Å².